The van der Waals surface area contributed by atoms with Crippen LogP contribution in [0, 0.1) is 10.1 Å². The van der Waals surface area contributed by atoms with Crippen molar-refractivity contribution in [1.82, 2.24) is 9.80 Å². The molecule has 0 radical (unpaired) electrons. The van der Waals surface area contributed by atoms with Crippen LogP contribution in [-0.4, -0.2) is 58.7 Å². The molecular weight excluding hydrogens is 270 g/mol. The lowest BCUT2D eigenvalue weighted by Gasteiger charge is -2.38. The summed E-state index contributed by atoms with van der Waals surface area (Å²) in [5, 5.41) is 20.1. The van der Waals surface area contributed by atoms with Gasteiger partial charge in [0, 0.05) is 50.9 Å². The van der Waals surface area contributed by atoms with Gasteiger partial charge in [-0.3, -0.25) is 19.9 Å². The fourth-order valence-corrected chi connectivity index (χ4v) is 2.82. The lowest BCUT2D eigenvalue weighted by molar-refractivity contribution is -0.384. The van der Waals surface area contributed by atoms with E-state index in [2.05, 4.69) is 16.7 Å². The van der Waals surface area contributed by atoms with Gasteiger partial charge in [0.25, 0.3) is 5.69 Å². The molecule has 0 amide bonds. The maximum absolute atomic E-state index is 10.8. The van der Waals surface area contributed by atoms with Crippen LogP contribution in [0.25, 0.3) is 0 Å². The molecule has 21 heavy (non-hydrogen) atoms. The molecule has 1 saturated heterocycles. The van der Waals surface area contributed by atoms with Crippen molar-refractivity contribution in [3.63, 3.8) is 0 Å². The van der Waals surface area contributed by atoms with Gasteiger partial charge in [-0.25, -0.2) is 0 Å². The average molecular weight is 293 g/mol. The van der Waals surface area contributed by atoms with Gasteiger partial charge < -0.3 is 5.11 Å². The van der Waals surface area contributed by atoms with E-state index in [1.54, 1.807) is 12.1 Å². The van der Waals surface area contributed by atoms with Crippen molar-refractivity contribution in [3.05, 3.63) is 39.9 Å². The van der Waals surface area contributed by atoms with E-state index in [-0.39, 0.29) is 23.3 Å². The van der Waals surface area contributed by atoms with Crippen molar-refractivity contribution in [1.29, 1.82) is 0 Å². The predicted octanol–water partition coefficient (Wildman–Crippen LogP) is 1.48. The summed E-state index contributed by atoms with van der Waals surface area (Å²) in [6.45, 7) is 6.78. The van der Waals surface area contributed by atoms with Gasteiger partial charge in [0.1, 0.15) is 0 Å². The molecule has 1 atom stereocenters. The maximum Gasteiger partial charge on any atom is 0.269 e. The molecule has 1 aromatic carbocycles. The number of rotatable bonds is 6. The zero-order valence-electron chi connectivity index (χ0n) is 12.4. The van der Waals surface area contributed by atoms with Crippen LogP contribution in [0.2, 0.25) is 0 Å². The molecule has 0 bridgehead atoms. The molecule has 1 aliphatic heterocycles. The van der Waals surface area contributed by atoms with Gasteiger partial charge in [-0.2, -0.15) is 0 Å². The summed E-state index contributed by atoms with van der Waals surface area (Å²) >= 11 is 0. The Morgan fingerprint density at radius 3 is 2.62 bits per heavy atom. The lowest BCUT2D eigenvalue weighted by Crippen LogP contribution is -2.50. The molecular formula is C15H23N3O3. The average Bonchev–Trinajstić information content (AvgIpc) is 2.50. The molecule has 116 valence electrons. The van der Waals surface area contributed by atoms with E-state index in [9.17, 15) is 15.2 Å². The van der Waals surface area contributed by atoms with E-state index in [0.29, 0.717) is 0 Å². The maximum atomic E-state index is 10.8. The molecule has 0 spiro atoms. The Morgan fingerprint density at radius 2 is 2.05 bits per heavy atom. The quantitative estimate of drug-likeness (QED) is 0.635. The first kappa shape index (κ1) is 15.9. The number of hydrogen-bond donors (Lipinski definition) is 1. The molecule has 0 aliphatic carbocycles. The van der Waals surface area contributed by atoms with E-state index < -0.39 is 0 Å². The summed E-state index contributed by atoms with van der Waals surface area (Å²) in [4.78, 5) is 15.1. The molecule has 0 aromatic heterocycles. The molecule has 1 aliphatic rings. The number of benzene rings is 1. The highest BCUT2D eigenvalue weighted by molar-refractivity contribution is 5.34. The zero-order chi connectivity index (χ0) is 15.2. The Balaban J connectivity index is 1.89. The zero-order valence-corrected chi connectivity index (χ0v) is 12.4. The van der Waals surface area contributed by atoms with Gasteiger partial charge in [-0.1, -0.05) is 19.1 Å². The van der Waals surface area contributed by atoms with Gasteiger partial charge in [0.05, 0.1) is 11.5 Å². The number of nitrogens with zero attached hydrogens (tertiary/aromatic N) is 3. The number of aliphatic hydroxyl groups is 1. The smallest absolute Gasteiger partial charge is 0.269 e. The van der Waals surface area contributed by atoms with Crippen LogP contribution in [0.1, 0.15) is 18.9 Å². The minimum atomic E-state index is -0.353. The number of non-ortho nitro benzene ring substituents is 1. The van der Waals surface area contributed by atoms with Crippen molar-refractivity contribution >= 4 is 5.69 Å². The summed E-state index contributed by atoms with van der Waals surface area (Å²) in [5.41, 5.74) is 1.13. The van der Waals surface area contributed by atoms with Crippen molar-refractivity contribution in [2.24, 2.45) is 0 Å². The van der Waals surface area contributed by atoms with Crippen LogP contribution in [0.3, 0.4) is 0 Å². The lowest BCUT2D eigenvalue weighted by atomic mass is 10.1. The molecule has 1 N–H and O–H groups in total. The van der Waals surface area contributed by atoms with Crippen molar-refractivity contribution in [2.45, 2.75) is 25.9 Å². The predicted molar refractivity (Wildman–Crippen MR) is 81.1 cm³/mol. The highest BCUT2D eigenvalue weighted by Gasteiger charge is 2.22. The van der Waals surface area contributed by atoms with Crippen LogP contribution in [0.15, 0.2) is 24.3 Å². The summed E-state index contributed by atoms with van der Waals surface area (Å²) in [6, 6.07) is 7.10. The topological polar surface area (TPSA) is 69.8 Å². The van der Waals surface area contributed by atoms with Crippen LogP contribution in [0.4, 0.5) is 5.69 Å². The minimum absolute atomic E-state index is 0.150. The fraction of sp³-hybridized carbons (Fsp3) is 0.600. The van der Waals surface area contributed by atoms with Gasteiger partial charge in [0.2, 0.25) is 0 Å². The van der Waals surface area contributed by atoms with Crippen molar-refractivity contribution < 1.29 is 10.0 Å². The Morgan fingerprint density at radius 1 is 1.33 bits per heavy atom. The van der Waals surface area contributed by atoms with Crippen molar-refractivity contribution in [2.75, 3.05) is 32.8 Å². The largest absolute Gasteiger partial charge is 0.395 e. The second kappa shape index (κ2) is 7.49. The first-order valence-electron chi connectivity index (χ1n) is 7.44. The van der Waals surface area contributed by atoms with E-state index >= 15 is 0 Å². The number of aliphatic hydroxyl groups excluding tert-OH is 1. The monoisotopic (exact) mass is 293 g/mol. The summed E-state index contributed by atoms with van der Waals surface area (Å²) in [7, 11) is 0. The first-order chi connectivity index (χ1) is 10.1. The molecule has 0 saturated carbocycles. The molecule has 1 fully saturated rings. The number of hydrogen-bond acceptors (Lipinski definition) is 5. The minimum Gasteiger partial charge on any atom is -0.395 e. The third-order valence-corrected chi connectivity index (χ3v) is 4.13. The first-order valence-corrected chi connectivity index (χ1v) is 7.44. The SMILES string of the molecule is CC[C@@H](CO)N1CCN(Cc2cccc([N+](=O)[O-])c2)CC1. The number of nitro groups is 1. The molecule has 0 unspecified atom stereocenters. The Kier molecular flexibility index (Phi) is 5.67. The molecule has 2 rings (SSSR count). The summed E-state index contributed by atoms with van der Waals surface area (Å²) < 4.78 is 0. The summed E-state index contributed by atoms with van der Waals surface area (Å²) in [6.07, 6.45) is 0.960. The van der Waals surface area contributed by atoms with Crippen LogP contribution >= 0.6 is 0 Å². The van der Waals surface area contributed by atoms with Crippen LogP contribution in [-0.2, 0) is 6.54 Å². The fourth-order valence-electron chi connectivity index (χ4n) is 2.82. The molecule has 1 heterocycles. The number of piperazine rings is 1. The Bertz CT molecular complexity index is 469. The second-order valence-electron chi connectivity index (χ2n) is 5.48. The normalized spacial score (nSPS) is 18.6. The van der Waals surface area contributed by atoms with Gasteiger partial charge in [0.15, 0.2) is 0 Å². The molecule has 6 nitrogen and oxygen atoms in total. The van der Waals surface area contributed by atoms with Crippen LogP contribution in [0.5, 0.6) is 0 Å². The third kappa shape index (κ3) is 4.23. The van der Waals surface area contributed by atoms with Gasteiger partial charge in [-0.15, -0.1) is 0 Å². The van der Waals surface area contributed by atoms with E-state index in [1.165, 1.54) is 6.07 Å². The van der Waals surface area contributed by atoms with E-state index in [1.807, 2.05) is 6.07 Å². The van der Waals surface area contributed by atoms with Crippen LogP contribution < -0.4 is 0 Å². The third-order valence-electron chi connectivity index (χ3n) is 4.13. The van der Waals surface area contributed by atoms with Gasteiger partial charge >= 0.3 is 0 Å². The highest BCUT2D eigenvalue weighted by atomic mass is 16.6. The van der Waals surface area contributed by atoms with Crippen molar-refractivity contribution in [3.8, 4) is 0 Å². The second-order valence-corrected chi connectivity index (χ2v) is 5.48. The summed E-state index contributed by atoms with van der Waals surface area (Å²) in [5.74, 6) is 0. The standard InChI is InChI=1S/C15H23N3O3/c1-2-14(12-19)17-8-6-16(7-9-17)11-13-4-3-5-15(10-13)18(20)21/h3-5,10,14,19H,2,6-9,11-12H2,1H3/t14-/m0/s1. The highest BCUT2D eigenvalue weighted by Crippen LogP contribution is 2.16. The Labute approximate surface area is 125 Å². The molecule has 6 heteroatoms. The molecule has 1 aromatic rings. The van der Waals surface area contributed by atoms with E-state index in [0.717, 1.165) is 44.7 Å². The van der Waals surface area contributed by atoms with E-state index in [4.69, 9.17) is 0 Å². The Hall–Kier alpha value is -1.50. The van der Waals surface area contributed by atoms with Gasteiger partial charge in [-0.05, 0) is 12.0 Å². The number of nitro benzene ring substituents is 1.